The summed E-state index contributed by atoms with van der Waals surface area (Å²) in [5, 5.41) is 21.5. The number of nitro benzene ring substituents is 1. The minimum atomic E-state index is -0.485. The first-order valence-electron chi connectivity index (χ1n) is 11.4. The average Bonchev–Trinajstić information content (AvgIpc) is 3.34. The molecule has 37 heavy (non-hydrogen) atoms. The molecule has 1 aliphatic rings. The number of nitro groups is 1. The number of nitrogens with zero attached hydrogens (tertiary/aromatic N) is 4. The molecular weight excluding hydrogens is 472 g/mol. The normalized spacial score (nSPS) is 14.4. The van der Waals surface area contributed by atoms with Crippen molar-refractivity contribution in [1.29, 1.82) is 0 Å². The number of hydrogen-bond donors (Lipinski definition) is 2. The molecule has 1 amide bonds. The highest BCUT2D eigenvalue weighted by Crippen LogP contribution is 2.33. The van der Waals surface area contributed by atoms with Crippen LogP contribution >= 0.6 is 0 Å². The summed E-state index contributed by atoms with van der Waals surface area (Å²) < 4.78 is 6.99. The molecule has 0 aliphatic carbocycles. The van der Waals surface area contributed by atoms with Crippen LogP contribution in [0.2, 0.25) is 0 Å². The van der Waals surface area contributed by atoms with E-state index in [0.29, 0.717) is 11.5 Å². The molecule has 0 saturated carbocycles. The molecule has 1 atom stereocenters. The van der Waals surface area contributed by atoms with Crippen molar-refractivity contribution in [3.8, 4) is 5.75 Å². The number of ether oxygens (including phenoxy) is 1. The maximum absolute atomic E-state index is 12.6. The summed E-state index contributed by atoms with van der Waals surface area (Å²) in [6, 6.07) is 23.3. The summed E-state index contributed by atoms with van der Waals surface area (Å²) in [4.78, 5) is 27.5. The predicted molar refractivity (Wildman–Crippen MR) is 140 cm³/mol. The van der Waals surface area contributed by atoms with Gasteiger partial charge in [0.05, 0.1) is 12.0 Å². The highest BCUT2D eigenvalue weighted by Gasteiger charge is 2.25. The van der Waals surface area contributed by atoms with Gasteiger partial charge in [-0.2, -0.15) is 4.98 Å². The van der Waals surface area contributed by atoms with Crippen LogP contribution in [0.4, 0.5) is 17.6 Å². The Balaban J connectivity index is 1.41. The molecule has 0 saturated heterocycles. The van der Waals surface area contributed by atoms with Gasteiger partial charge in [-0.3, -0.25) is 20.2 Å². The van der Waals surface area contributed by atoms with Crippen molar-refractivity contribution in [2.24, 2.45) is 0 Å². The van der Waals surface area contributed by atoms with Gasteiger partial charge in [0.2, 0.25) is 5.95 Å². The van der Waals surface area contributed by atoms with Crippen molar-refractivity contribution in [3.05, 3.63) is 118 Å². The summed E-state index contributed by atoms with van der Waals surface area (Å²) in [5.41, 5.74) is 3.29. The zero-order valence-electron chi connectivity index (χ0n) is 19.7. The van der Waals surface area contributed by atoms with Gasteiger partial charge in [0.15, 0.2) is 0 Å². The summed E-state index contributed by atoms with van der Waals surface area (Å²) in [6.45, 7) is 0. The molecule has 10 nitrogen and oxygen atoms in total. The minimum absolute atomic E-state index is 0.0524. The molecule has 1 aliphatic heterocycles. The summed E-state index contributed by atoms with van der Waals surface area (Å²) >= 11 is 0. The number of carbonyl (C=O) groups is 1. The number of aromatic nitrogens is 3. The quantitative estimate of drug-likeness (QED) is 0.213. The van der Waals surface area contributed by atoms with E-state index in [9.17, 15) is 14.9 Å². The number of benzene rings is 3. The second kappa shape index (κ2) is 10.2. The summed E-state index contributed by atoms with van der Waals surface area (Å²) in [5.74, 6) is 0.872. The topological polar surface area (TPSA) is 124 Å². The molecule has 184 valence electrons. The molecule has 1 unspecified atom stereocenters. The van der Waals surface area contributed by atoms with E-state index in [1.54, 1.807) is 23.9 Å². The first kappa shape index (κ1) is 23.5. The lowest BCUT2D eigenvalue weighted by atomic mass is 10.0. The Hall–Kier alpha value is -5.25. The number of nitrogens with one attached hydrogen (secondary N) is 2. The number of carbonyl (C=O) groups excluding carboxylic acids is 1. The number of anilines is 2. The van der Waals surface area contributed by atoms with Crippen LogP contribution in [0, 0.1) is 10.1 Å². The largest absolute Gasteiger partial charge is 0.497 e. The van der Waals surface area contributed by atoms with Gasteiger partial charge in [-0.25, -0.2) is 4.68 Å². The molecule has 0 spiro atoms. The Morgan fingerprint density at radius 2 is 1.89 bits per heavy atom. The first-order chi connectivity index (χ1) is 18.0. The lowest BCUT2D eigenvalue weighted by Gasteiger charge is -2.24. The standard InChI is InChI=1S/C27H22N6O4/c1-37-22-13-11-20(12-14-22)24-17-23(19-7-3-2-4-8-19)28-27-30-26(31-32(24)27)29-25(34)15-10-18-6-5-9-21(16-18)33(35)36/h2-17,24H,1H3,(H2,28,29,30,31,34)/b15-10+. The van der Waals surface area contributed by atoms with E-state index >= 15 is 0 Å². The number of non-ortho nitro benzene ring substituents is 1. The van der Waals surface area contributed by atoms with Crippen LogP contribution in [0.1, 0.15) is 22.7 Å². The molecule has 3 aromatic carbocycles. The Morgan fingerprint density at radius 3 is 2.62 bits per heavy atom. The van der Waals surface area contributed by atoms with E-state index in [1.807, 2.05) is 60.7 Å². The molecule has 10 heteroatoms. The number of methoxy groups -OCH3 is 1. The second-order valence-corrected chi connectivity index (χ2v) is 8.17. The van der Waals surface area contributed by atoms with Gasteiger partial charge in [-0.1, -0.05) is 54.6 Å². The zero-order chi connectivity index (χ0) is 25.8. The molecule has 2 N–H and O–H groups in total. The Morgan fingerprint density at radius 1 is 1.11 bits per heavy atom. The maximum atomic E-state index is 12.6. The molecule has 1 aromatic heterocycles. The number of amides is 1. The van der Waals surface area contributed by atoms with Gasteiger partial charge in [-0.15, -0.1) is 5.10 Å². The fourth-order valence-corrected chi connectivity index (χ4v) is 3.94. The molecule has 4 aromatic rings. The third-order valence-corrected chi connectivity index (χ3v) is 5.75. The zero-order valence-corrected chi connectivity index (χ0v) is 19.7. The van der Waals surface area contributed by atoms with Crippen molar-refractivity contribution < 1.29 is 14.5 Å². The SMILES string of the molecule is COc1ccc(C2C=C(c3ccccc3)Nc3nc(NC(=O)/C=C/c4cccc([N+](=O)[O-])c4)nn32)cc1. The third kappa shape index (κ3) is 5.22. The Labute approximate surface area is 212 Å². The van der Waals surface area contributed by atoms with Crippen LogP contribution in [-0.4, -0.2) is 32.7 Å². The number of hydrogen-bond acceptors (Lipinski definition) is 7. The predicted octanol–water partition coefficient (Wildman–Crippen LogP) is 4.90. The number of fused-ring (bicyclic) bond motifs is 1. The molecular formula is C27H22N6O4. The second-order valence-electron chi connectivity index (χ2n) is 8.17. The van der Waals surface area contributed by atoms with Gasteiger partial charge < -0.3 is 10.1 Å². The van der Waals surface area contributed by atoms with Crippen LogP contribution in [0.25, 0.3) is 11.8 Å². The molecule has 2 heterocycles. The van der Waals surface area contributed by atoms with Crippen LogP contribution in [0.5, 0.6) is 5.75 Å². The van der Waals surface area contributed by atoms with E-state index < -0.39 is 10.8 Å². The van der Waals surface area contributed by atoms with Crippen LogP contribution in [0.15, 0.2) is 91.0 Å². The molecule has 5 rings (SSSR count). The lowest BCUT2D eigenvalue weighted by molar-refractivity contribution is -0.384. The third-order valence-electron chi connectivity index (χ3n) is 5.75. The highest BCUT2D eigenvalue weighted by atomic mass is 16.6. The van der Waals surface area contributed by atoms with Gasteiger partial charge in [-0.05, 0) is 41.0 Å². The van der Waals surface area contributed by atoms with E-state index in [0.717, 1.165) is 22.6 Å². The monoisotopic (exact) mass is 494 g/mol. The van der Waals surface area contributed by atoms with Crippen molar-refractivity contribution in [3.63, 3.8) is 0 Å². The fraction of sp³-hybridized carbons (Fsp3) is 0.0741. The van der Waals surface area contributed by atoms with Gasteiger partial charge in [0.25, 0.3) is 17.5 Å². The van der Waals surface area contributed by atoms with E-state index in [4.69, 9.17) is 4.74 Å². The molecule has 0 radical (unpaired) electrons. The van der Waals surface area contributed by atoms with Crippen LogP contribution in [0.3, 0.4) is 0 Å². The maximum Gasteiger partial charge on any atom is 0.270 e. The highest BCUT2D eigenvalue weighted by molar-refractivity contribution is 6.01. The smallest absolute Gasteiger partial charge is 0.270 e. The van der Waals surface area contributed by atoms with E-state index in [1.165, 1.54) is 24.3 Å². The van der Waals surface area contributed by atoms with Crippen molar-refractivity contribution in [1.82, 2.24) is 14.8 Å². The van der Waals surface area contributed by atoms with Gasteiger partial charge in [0.1, 0.15) is 11.8 Å². The van der Waals surface area contributed by atoms with Crippen molar-refractivity contribution in [2.45, 2.75) is 6.04 Å². The van der Waals surface area contributed by atoms with Gasteiger partial charge in [0, 0.05) is 23.9 Å². The van der Waals surface area contributed by atoms with Crippen molar-refractivity contribution >= 4 is 35.3 Å². The van der Waals surface area contributed by atoms with E-state index in [-0.39, 0.29) is 17.7 Å². The fourth-order valence-electron chi connectivity index (χ4n) is 3.94. The lowest BCUT2D eigenvalue weighted by Crippen LogP contribution is -2.20. The Kier molecular flexibility index (Phi) is 6.45. The number of allylic oxidation sites excluding steroid dienone is 1. The molecule has 0 fully saturated rings. The van der Waals surface area contributed by atoms with Crippen LogP contribution in [-0.2, 0) is 4.79 Å². The number of rotatable bonds is 7. The Bertz CT molecular complexity index is 1510. The summed E-state index contributed by atoms with van der Waals surface area (Å²) in [6.07, 6.45) is 4.82. The minimum Gasteiger partial charge on any atom is -0.497 e. The van der Waals surface area contributed by atoms with Crippen LogP contribution < -0.4 is 15.4 Å². The first-order valence-corrected chi connectivity index (χ1v) is 11.4. The molecule has 0 bridgehead atoms. The van der Waals surface area contributed by atoms with Gasteiger partial charge >= 0.3 is 0 Å². The average molecular weight is 495 g/mol. The van der Waals surface area contributed by atoms with E-state index in [2.05, 4.69) is 20.7 Å². The van der Waals surface area contributed by atoms with Crippen molar-refractivity contribution in [2.75, 3.05) is 17.7 Å². The summed E-state index contributed by atoms with van der Waals surface area (Å²) in [7, 11) is 1.62.